The number of likely N-dealkylation sites (tertiary alicyclic amines) is 2. The molecule has 5 heteroatoms. The van der Waals surface area contributed by atoms with Gasteiger partial charge < -0.3 is 9.80 Å². The Balaban J connectivity index is 1.33. The molecule has 4 heterocycles. The van der Waals surface area contributed by atoms with Crippen LogP contribution < -0.4 is 0 Å². The molecule has 5 nitrogen and oxygen atoms in total. The van der Waals surface area contributed by atoms with Crippen molar-refractivity contribution < 1.29 is 4.79 Å². The Kier molecular flexibility index (Phi) is 6.01. The average Bonchev–Trinajstić information content (AvgIpc) is 2.73. The molecular weight excluding hydrogens is 348 g/mol. The lowest BCUT2D eigenvalue weighted by Crippen LogP contribution is -2.53. The smallest absolute Gasteiger partial charge is 0.222 e. The SMILES string of the molecule is O=C1CC[C@@]2(CCCN(CCCc3cccnc3)C2)CN1Cc1ccccn1. The lowest BCUT2D eigenvalue weighted by molar-refractivity contribution is -0.140. The second-order valence-corrected chi connectivity index (χ2v) is 8.42. The topological polar surface area (TPSA) is 49.3 Å². The number of rotatable bonds is 6. The highest BCUT2D eigenvalue weighted by molar-refractivity contribution is 5.77. The van der Waals surface area contributed by atoms with Crippen LogP contribution in [0.4, 0.5) is 0 Å². The van der Waals surface area contributed by atoms with Gasteiger partial charge in [-0.1, -0.05) is 12.1 Å². The van der Waals surface area contributed by atoms with E-state index in [1.54, 1.807) is 0 Å². The molecule has 1 spiro atoms. The Bertz CT molecular complexity index is 767. The number of carbonyl (C=O) groups excluding carboxylic acids is 1. The summed E-state index contributed by atoms with van der Waals surface area (Å²) in [6.45, 7) is 4.95. The van der Waals surface area contributed by atoms with E-state index >= 15 is 0 Å². The first-order valence-corrected chi connectivity index (χ1v) is 10.5. The van der Waals surface area contributed by atoms with Crippen LogP contribution in [-0.2, 0) is 17.8 Å². The van der Waals surface area contributed by atoms with Gasteiger partial charge >= 0.3 is 0 Å². The Morgan fingerprint density at radius 1 is 1.07 bits per heavy atom. The molecule has 2 aromatic heterocycles. The third-order valence-electron chi connectivity index (χ3n) is 6.23. The number of hydrogen-bond donors (Lipinski definition) is 0. The number of nitrogens with zero attached hydrogens (tertiary/aromatic N) is 4. The van der Waals surface area contributed by atoms with Crippen molar-refractivity contribution in [2.75, 3.05) is 26.2 Å². The number of aromatic nitrogens is 2. The molecule has 0 bridgehead atoms. The number of carbonyl (C=O) groups is 1. The van der Waals surface area contributed by atoms with Gasteiger partial charge in [0.2, 0.25) is 5.91 Å². The largest absolute Gasteiger partial charge is 0.336 e. The number of piperidine rings is 2. The van der Waals surface area contributed by atoms with Crippen LogP contribution in [-0.4, -0.2) is 51.9 Å². The number of hydrogen-bond acceptors (Lipinski definition) is 4. The second-order valence-electron chi connectivity index (χ2n) is 8.42. The Labute approximate surface area is 167 Å². The summed E-state index contributed by atoms with van der Waals surface area (Å²) in [5.74, 6) is 0.282. The molecule has 2 saturated heterocycles. The minimum absolute atomic E-state index is 0.259. The van der Waals surface area contributed by atoms with Gasteiger partial charge in [-0.15, -0.1) is 0 Å². The average molecular weight is 379 g/mol. The van der Waals surface area contributed by atoms with Crippen LogP contribution >= 0.6 is 0 Å². The minimum atomic E-state index is 0.259. The normalized spacial score (nSPS) is 23.3. The summed E-state index contributed by atoms with van der Waals surface area (Å²) in [7, 11) is 0. The minimum Gasteiger partial charge on any atom is -0.336 e. The summed E-state index contributed by atoms with van der Waals surface area (Å²) in [4.78, 5) is 25.8. The fourth-order valence-electron chi connectivity index (χ4n) is 4.82. The van der Waals surface area contributed by atoms with Crippen LogP contribution in [0.15, 0.2) is 48.9 Å². The maximum absolute atomic E-state index is 12.5. The van der Waals surface area contributed by atoms with E-state index < -0.39 is 0 Å². The van der Waals surface area contributed by atoms with Crippen molar-refractivity contribution in [3.8, 4) is 0 Å². The second kappa shape index (κ2) is 8.82. The van der Waals surface area contributed by atoms with Gasteiger partial charge in [-0.2, -0.15) is 0 Å². The third kappa shape index (κ3) is 4.76. The summed E-state index contributed by atoms with van der Waals surface area (Å²) in [5, 5.41) is 0. The molecule has 2 fully saturated rings. The van der Waals surface area contributed by atoms with Crippen LogP contribution in [0.3, 0.4) is 0 Å². The van der Waals surface area contributed by atoms with E-state index in [1.807, 2.05) is 47.8 Å². The summed E-state index contributed by atoms with van der Waals surface area (Å²) in [5.41, 5.74) is 2.56. The number of pyridine rings is 2. The van der Waals surface area contributed by atoms with Crippen molar-refractivity contribution in [2.45, 2.75) is 45.1 Å². The molecule has 1 amide bonds. The van der Waals surface area contributed by atoms with Crippen molar-refractivity contribution in [2.24, 2.45) is 5.41 Å². The van der Waals surface area contributed by atoms with Crippen LogP contribution in [0.1, 0.15) is 43.4 Å². The van der Waals surface area contributed by atoms with Gasteiger partial charge in [0.15, 0.2) is 0 Å². The highest BCUT2D eigenvalue weighted by Crippen LogP contribution is 2.39. The van der Waals surface area contributed by atoms with Gasteiger partial charge in [0.25, 0.3) is 0 Å². The highest BCUT2D eigenvalue weighted by atomic mass is 16.2. The molecule has 0 unspecified atom stereocenters. The maximum Gasteiger partial charge on any atom is 0.222 e. The van der Waals surface area contributed by atoms with Crippen LogP contribution in [0, 0.1) is 5.41 Å². The zero-order chi connectivity index (χ0) is 19.2. The fourth-order valence-corrected chi connectivity index (χ4v) is 4.82. The van der Waals surface area contributed by atoms with Crippen molar-refractivity contribution in [3.63, 3.8) is 0 Å². The van der Waals surface area contributed by atoms with Crippen LogP contribution in [0.25, 0.3) is 0 Å². The van der Waals surface area contributed by atoms with Gasteiger partial charge in [-0.3, -0.25) is 14.8 Å². The summed E-state index contributed by atoms with van der Waals surface area (Å²) in [6.07, 6.45) is 12.0. The predicted octanol–water partition coefficient (Wildman–Crippen LogP) is 3.31. The summed E-state index contributed by atoms with van der Waals surface area (Å²) in [6, 6.07) is 10.1. The van der Waals surface area contributed by atoms with Crippen LogP contribution in [0.5, 0.6) is 0 Å². The van der Waals surface area contributed by atoms with E-state index in [0.717, 1.165) is 38.2 Å². The lowest BCUT2D eigenvalue weighted by Gasteiger charge is -2.48. The Morgan fingerprint density at radius 2 is 2.04 bits per heavy atom. The van der Waals surface area contributed by atoms with E-state index in [2.05, 4.69) is 20.9 Å². The van der Waals surface area contributed by atoms with Gasteiger partial charge in [-0.25, -0.2) is 0 Å². The lowest BCUT2D eigenvalue weighted by atomic mass is 9.73. The molecule has 2 aliphatic heterocycles. The molecule has 0 saturated carbocycles. The molecule has 0 N–H and O–H groups in total. The van der Waals surface area contributed by atoms with E-state index in [9.17, 15) is 4.79 Å². The maximum atomic E-state index is 12.5. The van der Waals surface area contributed by atoms with Crippen molar-refractivity contribution in [1.29, 1.82) is 0 Å². The van der Waals surface area contributed by atoms with Crippen molar-refractivity contribution in [3.05, 3.63) is 60.2 Å². The number of amides is 1. The number of aryl methyl sites for hydroxylation is 1. The zero-order valence-electron chi connectivity index (χ0n) is 16.6. The van der Waals surface area contributed by atoms with Gasteiger partial charge in [0.1, 0.15) is 0 Å². The molecule has 0 aromatic carbocycles. The molecule has 148 valence electrons. The van der Waals surface area contributed by atoms with E-state index in [1.165, 1.54) is 31.4 Å². The van der Waals surface area contributed by atoms with Crippen LogP contribution in [0.2, 0.25) is 0 Å². The van der Waals surface area contributed by atoms with Crippen molar-refractivity contribution >= 4 is 5.91 Å². The van der Waals surface area contributed by atoms with E-state index in [4.69, 9.17) is 0 Å². The van der Waals surface area contributed by atoms with E-state index in [-0.39, 0.29) is 11.3 Å². The first kappa shape index (κ1) is 19.1. The molecule has 0 aliphatic carbocycles. The molecule has 4 rings (SSSR count). The standard InChI is InChI=1S/C23H30N4O/c28-22-9-11-23(19-27(22)17-21-8-1-2-13-25-21)10-5-15-26(18-23)14-4-7-20-6-3-12-24-16-20/h1-3,6,8,12-13,16H,4-5,7,9-11,14-15,17-19H2/t23-/m1/s1. The fraction of sp³-hybridized carbons (Fsp3) is 0.522. The molecule has 28 heavy (non-hydrogen) atoms. The first-order valence-electron chi connectivity index (χ1n) is 10.5. The third-order valence-corrected chi connectivity index (χ3v) is 6.23. The first-order chi connectivity index (χ1) is 13.7. The molecule has 1 atom stereocenters. The Hall–Kier alpha value is -2.27. The van der Waals surface area contributed by atoms with Gasteiger partial charge in [-0.05, 0) is 69.0 Å². The molecule has 2 aliphatic rings. The molecule has 2 aromatic rings. The van der Waals surface area contributed by atoms with Crippen molar-refractivity contribution in [1.82, 2.24) is 19.8 Å². The van der Waals surface area contributed by atoms with Gasteiger partial charge in [0.05, 0.1) is 12.2 Å². The zero-order valence-corrected chi connectivity index (χ0v) is 16.6. The quantitative estimate of drug-likeness (QED) is 0.774. The molecular formula is C23H30N4O. The summed E-state index contributed by atoms with van der Waals surface area (Å²) < 4.78 is 0. The van der Waals surface area contributed by atoms with Gasteiger partial charge in [0, 0.05) is 43.5 Å². The highest BCUT2D eigenvalue weighted by Gasteiger charge is 2.41. The predicted molar refractivity (Wildman–Crippen MR) is 110 cm³/mol. The van der Waals surface area contributed by atoms with E-state index in [0.29, 0.717) is 13.0 Å². The monoisotopic (exact) mass is 378 g/mol. The Morgan fingerprint density at radius 3 is 2.86 bits per heavy atom. The molecule has 0 radical (unpaired) electrons. The summed E-state index contributed by atoms with van der Waals surface area (Å²) >= 11 is 0.